The Morgan fingerprint density at radius 1 is 0.935 bits per heavy atom. The van der Waals surface area contributed by atoms with Crippen molar-refractivity contribution in [3.05, 3.63) is 66.5 Å². The molecule has 6 rings (SSSR count). The van der Waals surface area contributed by atoms with Gasteiger partial charge in [0.2, 0.25) is 17.8 Å². The van der Waals surface area contributed by atoms with Crippen molar-refractivity contribution in [1.82, 2.24) is 30.6 Å². The summed E-state index contributed by atoms with van der Waals surface area (Å²) in [5.74, 6) is 0.734. The summed E-state index contributed by atoms with van der Waals surface area (Å²) < 4.78 is 5.42. The van der Waals surface area contributed by atoms with Crippen LogP contribution in [0.15, 0.2) is 60.9 Å². The number of anilines is 2. The van der Waals surface area contributed by atoms with E-state index in [1.807, 2.05) is 48.8 Å². The normalized spacial score (nSPS) is 18.8. The van der Waals surface area contributed by atoms with Crippen molar-refractivity contribution in [3.63, 3.8) is 0 Å². The highest BCUT2D eigenvalue weighted by Crippen LogP contribution is 2.33. The van der Waals surface area contributed by atoms with Gasteiger partial charge in [-0.05, 0) is 84.0 Å². The second-order valence-electron chi connectivity index (χ2n) is 11.6. The molecule has 1 saturated heterocycles. The van der Waals surface area contributed by atoms with Crippen molar-refractivity contribution in [2.75, 3.05) is 42.6 Å². The van der Waals surface area contributed by atoms with E-state index >= 15 is 0 Å². The van der Waals surface area contributed by atoms with Crippen LogP contribution in [-0.2, 0) is 20.7 Å². The van der Waals surface area contributed by atoms with Crippen LogP contribution in [0.3, 0.4) is 0 Å². The molecule has 1 aliphatic carbocycles. The van der Waals surface area contributed by atoms with Gasteiger partial charge in [-0.25, -0.2) is 15.1 Å². The van der Waals surface area contributed by atoms with Crippen LogP contribution >= 0.6 is 12.4 Å². The summed E-state index contributed by atoms with van der Waals surface area (Å²) in [6.07, 6.45) is 7.13. The highest BCUT2D eigenvalue weighted by molar-refractivity contribution is 6.01. The predicted molar refractivity (Wildman–Crippen MR) is 176 cm³/mol. The first-order valence-corrected chi connectivity index (χ1v) is 15.4. The van der Waals surface area contributed by atoms with Crippen molar-refractivity contribution in [2.45, 2.75) is 38.1 Å². The fraction of sp³-hybridized carbons (Fsp3) is 0.406. The molecule has 13 nitrogen and oxygen atoms in total. The van der Waals surface area contributed by atoms with E-state index in [4.69, 9.17) is 16.2 Å². The molecule has 14 heteroatoms. The number of nitrogens with one attached hydrogen (secondary N) is 1. The first-order chi connectivity index (χ1) is 22.0. The van der Waals surface area contributed by atoms with Crippen molar-refractivity contribution >= 4 is 35.9 Å². The van der Waals surface area contributed by atoms with Gasteiger partial charge in [0.05, 0.1) is 13.2 Å². The zero-order valence-corrected chi connectivity index (χ0v) is 26.3. The van der Waals surface area contributed by atoms with Gasteiger partial charge in [-0.3, -0.25) is 14.5 Å². The van der Waals surface area contributed by atoms with Gasteiger partial charge in [0.15, 0.2) is 5.82 Å². The second kappa shape index (κ2) is 15.2. The lowest BCUT2D eigenvalue weighted by Crippen LogP contribution is -2.52. The van der Waals surface area contributed by atoms with E-state index < -0.39 is 11.9 Å². The monoisotopic (exact) mass is 646 g/mol. The summed E-state index contributed by atoms with van der Waals surface area (Å²) in [5.41, 5.74) is 16.0. The number of tetrazole rings is 1. The number of aromatic nitrogens is 6. The molecule has 1 saturated carbocycles. The van der Waals surface area contributed by atoms with Gasteiger partial charge in [-0.2, -0.15) is 0 Å². The second-order valence-corrected chi connectivity index (χ2v) is 11.6. The van der Waals surface area contributed by atoms with Crippen LogP contribution in [0.2, 0.25) is 0 Å². The molecule has 3 heterocycles. The van der Waals surface area contributed by atoms with E-state index in [-0.39, 0.29) is 30.7 Å². The summed E-state index contributed by atoms with van der Waals surface area (Å²) in [5, 5.41) is 14.0. The number of hydrogen-bond acceptors (Lipinski definition) is 10. The highest BCUT2D eigenvalue weighted by atomic mass is 35.5. The molecular formula is C32H39ClN10O3. The largest absolute Gasteiger partial charge is 0.378 e. The maximum atomic E-state index is 14.1. The maximum Gasteiger partial charge on any atom is 0.240 e. The molecule has 2 fully saturated rings. The number of halogens is 1. The molecule has 2 amide bonds. The Bertz CT molecular complexity index is 1560. The van der Waals surface area contributed by atoms with Crippen molar-refractivity contribution in [1.29, 1.82) is 0 Å². The Labute approximate surface area is 273 Å². The molecule has 2 aromatic heterocycles. The molecule has 0 unspecified atom stereocenters. The number of nitrogens with zero attached hydrogens (tertiary/aromatic N) is 7. The standard InChI is InChI=1S/C32H38N10O3.ClH/c33-18-22-3-7-25(8-4-22)31(44)42(27-11-9-24(10-12-27)30-37-39-40-38-30)28(29(34)43)17-21-1-5-23(6-2-21)26-19-35-32(36-20-26)41-13-15-45-16-14-41;/h1-2,5-6,9-12,19-20,22,25,28H,3-4,7-8,13-18,33H2,(H2,34,43)(H,37,38,39,40);1H/t22-,25-,28-;/m0./s1. The Balaban J connectivity index is 0.00000417. The smallest absolute Gasteiger partial charge is 0.240 e. The van der Waals surface area contributed by atoms with Gasteiger partial charge in [-0.1, -0.05) is 24.3 Å². The lowest BCUT2D eigenvalue weighted by molar-refractivity contribution is -0.127. The molecule has 5 N–H and O–H groups in total. The minimum atomic E-state index is -0.885. The molecule has 242 valence electrons. The summed E-state index contributed by atoms with van der Waals surface area (Å²) in [7, 11) is 0. The average Bonchev–Trinajstić information content (AvgIpc) is 3.64. The van der Waals surface area contributed by atoms with Crippen LogP contribution in [0.25, 0.3) is 22.5 Å². The van der Waals surface area contributed by atoms with Gasteiger partial charge in [-0.15, -0.1) is 17.5 Å². The molecular weight excluding hydrogens is 608 g/mol. The minimum absolute atomic E-state index is 0. The number of amides is 2. The SMILES string of the molecule is Cl.NC[C@H]1CC[C@H](C(=O)N(c2ccc(-c3nnn[nH]3)cc2)[C@@H](Cc2ccc(-c3cnc(N4CCOCC4)nc3)cc2)C(N)=O)CC1. The van der Waals surface area contributed by atoms with Crippen LogP contribution in [0.4, 0.5) is 11.6 Å². The number of benzene rings is 2. The van der Waals surface area contributed by atoms with Crippen LogP contribution < -0.4 is 21.3 Å². The zero-order valence-electron chi connectivity index (χ0n) is 25.5. The number of nitrogens with two attached hydrogens (primary N) is 2. The third-order valence-corrected chi connectivity index (χ3v) is 8.82. The zero-order chi connectivity index (χ0) is 31.2. The number of H-pyrrole nitrogens is 1. The minimum Gasteiger partial charge on any atom is -0.378 e. The van der Waals surface area contributed by atoms with Crippen molar-refractivity contribution in [2.24, 2.45) is 23.3 Å². The number of primary amides is 1. The summed E-state index contributed by atoms with van der Waals surface area (Å²) in [6.45, 7) is 3.50. The fourth-order valence-corrected chi connectivity index (χ4v) is 6.14. The first kappa shape index (κ1) is 32.9. The van der Waals surface area contributed by atoms with Gasteiger partial charge in [0.25, 0.3) is 0 Å². The van der Waals surface area contributed by atoms with Gasteiger partial charge in [0, 0.05) is 54.6 Å². The molecule has 0 radical (unpaired) electrons. The Morgan fingerprint density at radius 2 is 1.59 bits per heavy atom. The highest BCUT2D eigenvalue weighted by Gasteiger charge is 2.36. The van der Waals surface area contributed by atoms with E-state index in [0.29, 0.717) is 43.1 Å². The summed E-state index contributed by atoms with van der Waals surface area (Å²) in [4.78, 5) is 40.0. The van der Waals surface area contributed by atoms with E-state index in [1.165, 1.54) is 0 Å². The van der Waals surface area contributed by atoms with Crippen LogP contribution in [0.1, 0.15) is 31.2 Å². The third kappa shape index (κ3) is 7.49. The van der Waals surface area contributed by atoms with Crippen molar-refractivity contribution < 1.29 is 14.3 Å². The van der Waals surface area contributed by atoms with Gasteiger partial charge < -0.3 is 21.1 Å². The topological polar surface area (TPSA) is 182 Å². The van der Waals surface area contributed by atoms with Gasteiger partial charge in [0.1, 0.15) is 6.04 Å². The third-order valence-electron chi connectivity index (χ3n) is 8.82. The molecule has 4 aromatic rings. The molecule has 46 heavy (non-hydrogen) atoms. The van der Waals surface area contributed by atoms with E-state index in [0.717, 1.165) is 61.0 Å². The Hall–Kier alpha value is -4.46. The number of ether oxygens (including phenoxy) is 1. The predicted octanol–water partition coefficient (Wildman–Crippen LogP) is 2.78. The number of morpholine rings is 1. The van der Waals surface area contributed by atoms with E-state index in [2.05, 4.69) is 35.5 Å². The maximum absolute atomic E-state index is 14.1. The Kier molecular flexibility index (Phi) is 10.9. The molecule has 2 aromatic carbocycles. The van der Waals surface area contributed by atoms with Crippen LogP contribution in [0.5, 0.6) is 0 Å². The number of carbonyl (C=O) groups excluding carboxylic acids is 2. The lowest BCUT2D eigenvalue weighted by atomic mass is 9.81. The molecule has 1 aliphatic heterocycles. The number of hydrogen-bond donors (Lipinski definition) is 3. The van der Waals surface area contributed by atoms with E-state index in [1.54, 1.807) is 17.0 Å². The molecule has 2 aliphatic rings. The molecule has 0 bridgehead atoms. The summed E-state index contributed by atoms with van der Waals surface area (Å²) in [6, 6.07) is 14.2. The fourth-order valence-electron chi connectivity index (χ4n) is 6.14. The summed E-state index contributed by atoms with van der Waals surface area (Å²) >= 11 is 0. The quantitative estimate of drug-likeness (QED) is 0.232. The van der Waals surface area contributed by atoms with Gasteiger partial charge >= 0.3 is 0 Å². The Morgan fingerprint density at radius 3 is 2.17 bits per heavy atom. The average molecular weight is 647 g/mol. The van der Waals surface area contributed by atoms with E-state index in [9.17, 15) is 9.59 Å². The first-order valence-electron chi connectivity index (χ1n) is 15.4. The van der Waals surface area contributed by atoms with Crippen LogP contribution in [-0.4, -0.2) is 81.3 Å². The van der Waals surface area contributed by atoms with Crippen LogP contribution in [0, 0.1) is 11.8 Å². The molecule has 1 atom stereocenters. The number of carbonyl (C=O) groups is 2. The lowest BCUT2D eigenvalue weighted by Gasteiger charge is -2.35. The van der Waals surface area contributed by atoms with Crippen molar-refractivity contribution in [3.8, 4) is 22.5 Å². The number of rotatable bonds is 10. The molecule has 0 spiro atoms. The number of aromatic amines is 1.